The Kier molecular flexibility index (Phi) is 6.55. The molecule has 0 unspecified atom stereocenters. The topological polar surface area (TPSA) is 12.4 Å². The van der Waals surface area contributed by atoms with E-state index >= 15 is 0 Å². The molecule has 0 aromatic rings. The number of nitrogens with zero attached hydrogens (tertiary/aromatic N) is 1. The first-order valence-electron chi connectivity index (χ1n) is 5.70. The second-order valence-electron chi connectivity index (χ2n) is 3.91. The van der Waals surface area contributed by atoms with Gasteiger partial charge >= 0.3 is 0 Å². The quantitative estimate of drug-likeness (QED) is 0.457. The first-order chi connectivity index (χ1) is 6.93. The van der Waals surface area contributed by atoms with E-state index in [1.807, 2.05) is 0 Å². The molecular formula is C12H19NS. The van der Waals surface area contributed by atoms with Crippen molar-refractivity contribution in [1.82, 2.24) is 0 Å². The Morgan fingerprint density at radius 3 is 2.36 bits per heavy atom. The van der Waals surface area contributed by atoms with Crippen LogP contribution in [0, 0.1) is 0 Å². The summed E-state index contributed by atoms with van der Waals surface area (Å²) in [6.45, 7) is 0. The van der Waals surface area contributed by atoms with Crippen molar-refractivity contribution < 1.29 is 0 Å². The Morgan fingerprint density at radius 2 is 1.64 bits per heavy atom. The third-order valence-corrected chi connectivity index (χ3v) is 2.80. The molecule has 0 saturated carbocycles. The maximum Gasteiger partial charge on any atom is 0.0637 e. The SMILES string of the molecule is S=C=N/C1=C/CCCCCCCCC1. The molecule has 2 heteroatoms. The number of rotatable bonds is 1. The smallest absolute Gasteiger partial charge is 0.0637 e. The highest BCUT2D eigenvalue weighted by Crippen LogP contribution is 2.16. The van der Waals surface area contributed by atoms with Gasteiger partial charge in [-0.3, -0.25) is 0 Å². The molecule has 0 aliphatic heterocycles. The van der Waals surface area contributed by atoms with Gasteiger partial charge in [-0.15, -0.1) is 0 Å². The summed E-state index contributed by atoms with van der Waals surface area (Å²) in [6.07, 6.45) is 13.9. The van der Waals surface area contributed by atoms with Gasteiger partial charge in [-0.1, -0.05) is 38.2 Å². The molecule has 0 radical (unpaired) electrons. The van der Waals surface area contributed by atoms with Crippen molar-refractivity contribution in [3.05, 3.63) is 11.8 Å². The lowest BCUT2D eigenvalue weighted by Gasteiger charge is -1.99. The zero-order chi connectivity index (χ0) is 10.1. The van der Waals surface area contributed by atoms with Crippen molar-refractivity contribution in [1.29, 1.82) is 0 Å². The van der Waals surface area contributed by atoms with Gasteiger partial charge in [0.2, 0.25) is 0 Å². The summed E-state index contributed by atoms with van der Waals surface area (Å²) in [5, 5.41) is 2.48. The third kappa shape index (κ3) is 5.31. The summed E-state index contributed by atoms with van der Waals surface area (Å²) in [6, 6.07) is 0. The molecule has 0 aromatic carbocycles. The van der Waals surface area contributed by atoms with Crippen LogP contribution in [0.15, 0.2) is 16.8 Å². The minimum Gasteiger partial charge on any atom is -0.200 e. The van der Waals surface area contributed by atoms with Crippen LogP contribution in [0.2, 0.25) is 0 Å². The summed E-state index contributed by atoms with van der Waals surface area (Å²) in [5.74, 6) is 0. The molecule has 1 nitrogen and oxygen atoms in total. The molecule has 0 N–H and O–H groups in total. The van der Waals surface area contributed by atoms with Crippen LogP contribution in [0.4, 0.5) is 0 Å². The van der Waals surface area contributed by atoms with Gasteiger partial charge in [-0.05, 0) is 37.9 Å². The number of aliphatic imine (C=N–C) groups is 1. The first-order valence-corrected chi connectivity index (χ1v) is 6.11. The maximum atomic E-state index is 4.64. The molecule has 0 atom stereocenters. The summed E-state index contributed by atoms with van der Waals surface area (Å²) < 4.78 is 0. The van der Waals surface area contributed by atoms with E-state index in [1.165, 1.54) is 44.9 Å². The molecule has 0 amide bonds. The normalized spacial score (nSPS) is 23.9. The fourth-order valence-electron chi connectivity index (χ4n) is 1.87. The van der Waals surface area contributed by atoms with Gasteiger partial charge in [-0.25, -0.2) is 0 Å². The number of hydrogen-bond acceptors (Lipinski definition) is 2. The van der Waals surface area contributed by atoms with E-state index < -0.39 is 0 Å². The number of hydrogen-bond donors (Lipinski definition) is 0. The van der Waals surface area contributed by atoms with Gasteiger partial charge in [0.05, 0.1) is 5.16 Å². The molecule has 0 fully saturated rings. The van der Waals surface area contributed by atoms with Crippen molar-refractivity contribution in [2.75, 3.05) is 0 Å². The largest absolute Gasteiger partial charge is 0.200 e. The van der Waals surface area contributed by atoms with Crippen molar-refractivity contribution in [3.63, 3.8) is 0 Å². The second-order valence-corrected chi connectivity index (χ2v) is 4.09. The second kappa shape index (κ2) is 7.90. The Morgan fingerprint density at radius 1 is 1.00 bits per heavy atom. The molecule has 1 rings (SSSR count). The van der Waals surface area contributed by atoms with Crippen LogP contribution in [0.5, 0.6) is 0 Å². The average molecular weight is 209 g/mol. The standard InChI is InChI=1S/C12H19NS/c14-11-13-12-9-7-5-3-1-2-4-6-8-10-12/h9H,1-8,10H2/b12-9+. The van der Waals surface area contributed by atoms with Crippen LogP contribution < -0.4 is 0 Å². The van der Waals surface area contributed by atoms with E-state index in [-0.39, 0.29) is 0 Å². The van der Waals surface area contributed by atoms with E-state index in [0.717, 1.165) is 18.5 Å². The molecule has 0 heterocycles. The number of thiocarbonyl (C=S) groups is 1. The fourth-order valence-corrected chi connectivity index (χ4v) is 1.98. The fraction of sp³-hybridized carbons (Fsp3) is 0.750. The molecule has 1 aliphatic rings. The van der Waals surface area contributed by atoms with Gasteiger partial charge in [0.15, 0.2) is 0 Å². The minimum absolute atomic E-state index is 1.09. The Hall–Kier alpha value is -0.460. The summed E-state index contributed by atoms with van der Waals surface area (Å²) in [7, 11) is 0. The third-order valence-electron chi connectivity index (χ3n) is 2.71. The molecule has 0 spiro atoms. The van der Waals surface area contributed by atoms with Gasteiger partial charge in [-0.2, -0.15) is 4.99 Å². The predicted molar refractivity (Wildman–Crippen MR) is 64.7 cm³/mol. The summed E-state index contributed by atoms with van der Waals surface area (Å²) in [5.41, 5.74) is 1.15. The highest BCUT2D eigenvalue weighted by Gasteiger charge is 1.98. The van der Waals surface area contributed by atoms with Crippen molar-refractivity contribution in [3.8, 4) is 0 Å². The lowest BCUT2D eigenvalue weighted by molar-refractivity contribution is 0.587. The zero-order valence-electron chi connectivity index (χ0n) is 8.80. The van der Waals surface area contributed by atoms with Crippen LogP contribution in [0.25, 0.3) is 0 Å². The lowest BCUT2D eigenvalue weighted by atomic mass is 10.1. The van der Waals surface area contributed by atoms with Crippen LogP contribution in [0.1, 0.15) is 57.8 Å². The van der Waals surface area contributed by atoms with E-state index in [9.17, 15) is 0 Å². The van der Waals surface area contributed by atoms with Crippen LogP contribution in [-0.4, -0.2) is 5.16 Å². The molecule has 1 aliphatic carbocycles. The monoisotopic (exact) mass is 209 g/mol. The van der Waals surface area contributed by atoms with E-state index in [0.29, 0.717) is 0 Å². The van der Waals surface area contributed by atoms with Crippen molar-refractivity contribution in [2.24, 2.45) is 4.99 Å². The summed E-state index contributed by atoms with van der Waals surface area (Å²) >= 11 is 4.64. The number of allylic oxidation sites excluding steroid dienone is 2. The molecule has 0 saturated heterocycles. The molecule has 78 valence electrons. The van der Waals surface area contributed by atoms with Crippen LogP contribution >= 0.6 is 12.2 Å². The predicted octanol–water partition coefficient (Wildman–Crippen LogP) is 4.50. The maximum absolute atomic E-state index is 4.64. The molecule has 0 bridgehead atoms. The molecule has 14 heavy (non-hydrogen) atoms. The van der Waals surface area contributed by atoms with E-state index in [1.54, 1.807) is 0 Å². The molecular weight excluding hydrogens is 190 g/mol. The zero-order valence-corrected chi connectivity index (χ0v) is 9.61. The highest BCUT2D eigenvalue weighted by atomic mass is 32.1. The van der Waals surface area contributed by atoms with Crippen LogP contribution in [0.3, 0.4) is 0 Å². The average Bonchev–Trinajstić information content (AvgIpc) is 2.24. The lowest BCUT2D eigenvalue weighted by Crippen LogP contribution is -1.81. The van der Waals surface area contributed by atoms with Gasteiger partial charge in [0.25, 0.3) is 0 Å². The first kappa shape index (κ1) is 11.6. The van der Waals surface area contributed by atoms with Crippen LogP contribution in [-0.2, 0) is 0 Å². The molecule has 0 aromatic heterocycles. The van der Waals surface area contributed by atoms with Gasteiger partial charge in [0.1, 0.15) is 0 Å². The van der Waals surface area contributed by atoms with E-state index in [4.69, 9.17) is 0 Å². The van der Waals surface area contributed by atoms with Gasteiger partial charge < -0.3 is 0 Å². The Labute approximate surface area is 92.3 Å². The Balaban J connectivity index is 2.44. The van der Waals surface area contributed by atoms with Crippen molar-refractivity contribution in [2.45, 2.75) is 57.8 Å². The van der Waals surface area contributed by atoms with Gasteiger partial charge in [0, 0.05) is 5.70 Å². The van der Waals surface area contributed by atoms with E-state index in [2.05, 4.69) is 28.4 Å². The number of isothiocyanates is 1. The summed E-state index contributed by atoms with van der Waals surface area (Å²) in [4.78, 5) is 4.11. The minimum atomic E-state index is 1.09. The van der Waals surface area contributed by atoms with Crippen molar-refractivity contribution >= 4 is 17.4 Å². The Bertz CT molecular complexity index is 226. The highest BCUT2D eigenvalue weighted by molar-refractivity contribution is 7.78.